The van der Waals surface area contributed by atoms with Crippen molar-refractivity contribution in [2.75, 3.05) is 5.32 Å². The zero-order valence-electron chi connectivity index (χ0n) is 12.0. The number of aliphatic carboxylic acids is 1. The maximum absolute atomic E-state index is 11.7. The summed E-state index contributed by atoms with van der Waals surface area (Å²) in [5.74, 6) is -1.01. The number of carbonyl (C=O) groups excluding carboxylic acids is 1. The third kappa shape index (κ3) is 5.30. The van der Waals surface area contributed by atoms with Gasteiger partial charge in [0.15, 0.2) is 0 Å². The van der Waals surface area contributed by atoms with Crippen molar-refractivity contribution in [1.82, 2.24) is 5.32 Å². The molecule has 1 unspecified atom stereocenters. The van der Waals surface area contributed by atoms with Crippen LogP contribution in [0.1, 0.15) is 38.7 Å². The highest BCUT2D eigenvalue weighted by Crippen LogP contribution is 2.11. The fourth-order valence-corrected chi connectivity index (χ4v) is 1.91. The van der Waals surface area contributed by atoms with E-state index in [1.807, 2.05) is 31.2 Å². The van der Waals surface area contributed by atoms with Crippen molar-refractivity contribution in [3.63, 3.8) is 0 Å². The van der Waals surface area contributed by atoms with Gasteiger partial charge >= 0.3 is 12.0 Å². The van der Waals surface area contributed by atoms with E-state index < -0.39 is 18.0 Å². The molecule has 5 heteroatoms. The minimum atomic E-state index is -1.01. The number of rotatable bonds is 7. The number of hydrogen-bond donors (Lipinski definition) is 3. The van der Waals surface area contributed by atoms with Gasteiger partial charge in [-0.2, -0.15) is 0 Å². The smallest absolute Gasteiger partial charge is 0.326 e. The number of urea groups is 1. The topological polar surface area (TPSA) is 78.4 Å². The molecule has 0 bridgehead atoms. The molecule has 1 aromatic carbocycles. The molecule has 0 aliphatic carbocycles. The third-order valence-corrected chi connectivity index (χ3v) is 2.93. The number of nitrogens with one attached hydrogen (secondary N) is 2. The van der Waals surface area contributed by atoms with Crippen LogP contribution < -0.4 is 10.6 Å². The summed E-state index contributed by atoms with van der Waals surface area (Å²) in [4.78, 5) is 22.7. The summed E-state index contributed by atoms with van der Waals surface area (Å²) < 4.78 is 0. The molecule has 2 amide bonds. The highest BCUT2D eigenvalue weighted by Gasteiger charge is 2.18. The average molecular weight is 278 g/mol. The van der Waals surface area contributed by atoms with Crippen molar-refractivity contribution in [2.24, 2.45) is 0 Å². The first-order valence-electron chi connectivity index (χ1n) is 6.96. The molecule has 0 radical (unpaired) electrons. The minimum absolute atomic E-state index is 0.415. The van der Waals surface area contributed by atoms with E-state index in [1.54, 1.807) is 0 Å². The van der Waals surface area contributed by atoms with Crippen molar-refractivity contribution in [3.8, 4) is 0 Å². The lowest BCUT2D eigenvalue weighted by atomic mass is 10.1. The van der Waals surface area contributed by atoms with E-state index in [4.69, 9.17) is 5.11 Å². The Morgan fingerprint density at radius 2 is 1.80 bits per heavy atom. The average Bonchev–Trinajstić information content (AvgIpc) is 2.40. The molecule has 0 aliphatic rings. The van der Waals surface area contributed by atoms with Gasteiger partial charge in [-0.3, -0.25) is 0 Å². The maximum Gasteiger partial charge on any atom is 0.326 e. The summed E-state index contributed by atoms with van der Waals surface area (Å²) in [6.07, 6.45) is 3.19. The van der Waals surface area contributed by atoms with E-state index in [0.29, 0.717) is 18.5 Å². The van der Waals surface area contributed by atoms with Crippen LogP contribution in [0.2, 0.25) is 0 Å². The van der Waals surface area contributed by atoms with Crippen molar-refractivity contribution < 1.29 is 14.7 Å². The summed E-state index contributed by atoms with van der Waals surface area (Å²) in [5.41, 5.74) is 1.87. The monoisotopic (exact) mass is 278 g/mol. The predicted molar refractivity (Wildman–Crippen MR) is 78.9 cm³/mol. The highest BCUT2D eigenvalue weighted by molar-refractivity contribution is 5.92. The second-order valence-electron chi connectivity index (χ2n) is 4.72. The molecule has 0 saturated heterocycles. The van der Waals surface area contributed by atoms with E-state index in [9.17, 15) is 9.59 Å². The van der Waals surface area contributed by atoms with Gasteiger partial charge < -0.3 is 15.7 Å². The van der Waals surface area contributed by atoms with Crippen molar-refractivity contribution in [3.05, 3.63) is 29.8 Å². The zero-order valence-corrected chi connectivity index (χ0v) is 12.0. The number of hydrogen-bond acceptors (Lipinski definition) is 2. The Morgan fingerprint density at radius 1 is 1.15 bits per heavy atom. The molecule has 110 valence electrons. The summed E-state index contributed by atoms with van der Waals surface area (Å²) in [5, 5.41) is 14.1. The molecule has 20 heavy (non-hydrogen) atoms. The van der Waals surface area contributed by atoms with Gasteiger partial charge in [0.05, 0.1) is 0 Å². The van der Waals surface area contributed by atoms with Gasteiger partial charge in [0.1, 0.15) is 6.04 Å². The molecule has 0 saturated carbocycles. The Labute approximate surface area is 119 Å². The molecule has 1 rings (SSSR count). The highest BCUT2D eigenvalue weighted by atomic mass is 16.4. The van der Waals surface area contributed by atoms with E-state index in [2.05, 4.69) is 17.6 Å². The van der Waals surface area contributed by atoms with E-state index in [1.165, 1.54) is 5.56 Å². The predicted octanol–water partition coefficient (Wildman–Crippen LogP) is 3.01. The molecular formula is C15H22N2O3. The second-order valence-corrected chi connectivity index (χ2v) is 4.72. The van der Waals surface area contributed by atoms with Gasteiger partial charge in [-0.25, -0.2) is 9.59 Å². The molecule has 0 spiro atoms. The summed E-state index contributed by atoms with van der Waals surface area (Å²) in [6.45, 7) is 3.99. The fraction of sp³-hybridized carbons (Fsp3) is 0.467. The van der Waals surface area contributed by atoms with Crippen LogP contribution in [0.4, 0.5) is 10.5 Å². The zero-order chi connectivity index (χ0) is 15.0. The summed E-state index contributed by atoms with van der Waals surface area (Å²) in [7, 11) is 0. The van der Waals surface area contributed by atoms with Gasteiger partial charge in [0.2, 0.25) is 0 Å². The van der Waals surface area contributed by atoms with Crippen LogP contribution in [0.5, 0.6) is 0 Å². The van der Waals surface area contributed by atoms with Crippen LogP contribution >= 0.6 is 0 Å². The Balaban J connectivity index is 2.54. The Kier molecular flexibility index (Phi) is 6.56. The van der Waals surface area contributed by atoms with Gasteiger partial charge in [0, 0.05) is 5.69 Å². The van der Waals surface area contributed by atoms with Crippen molar-refractivity contribution in [1.29, 1.82) is 0 Å². The molecule has 0 aliphatic heterocycles. The lowest BCUT2D eigenvalue weighted by molar-refractivity contribution is -0.139. The molecule has 0 heterocycles. The summed E-state index contributed by atoms with van der Waals surface area (Å²) >= 11 is 0. The standard InChI is InChI=1S/C15H22N2O3/c1-3-5-11-7-9-12(10-8-11)16-15(20)17-13(6-4-2)14(18)19/h7-10,13H,3-6H2,1-2H3,(H,18,19)(H2,16,17,20). The molecule has 0 fully saturated rings. The third-order valence-electron chi connectivity index (χ3n) is 2.93. The van der Waals surface area contributed by atoms with Crippen molar-refractivity contribution >= 4 is 17.7 Å². The molecule has 0 aromatic heterocycles. The number of aryl methyl sites for hydroxylation is 1. The Morgan fingerprint density at radius 3 is 2.30 bits per heavy atom. The maximum atomic E-state index is 11.7. The fourth-order valence-electron chi connectivity index (χ4n) is 1.91. The van der Waals surface area contributed by atoms with E-state index in [0.717, 1.165) is 12.8 Å². The molecule has 5 nitrogen and oxygen atoms in total. The van der Waals surface area contributed by atoms with Gasteiger partial charge in [-0.1, -0.05) is 38.8 Å². The number of carboxylic acid groups (broad SMARTS) is 1. The van der Waals surface area contributed by atoms with Crippen LogP contribution in [-0.2, 0) is 11.2 Å². The lowest BCUT2D eigenvalue weighted by Gasteiger charge is -2.14. The Hall–Kier alpha value is -2.04. The van der Waals surface area contributed by atoms with Gasteiger partial charge in [-0.05, 0) is 30.5 Å². The number of carbonyl (C=O) groups is 2. The lowest BCUT2D eigenvalue weighted by Crippen LogP contribution is -2.42. The largest absolute Gasteiger partial charge is 0.480 e. The van der Waals surface area contributed by atoms with Crippen LogP contribution in [0.25, 0.3) is 0 Å². The normalized spacial score (nSPS) is 11.7. The minimum Gasteiger partial charge on any atom is -0.480 e. The first-order chi connectivity index (χ1) is 9.56. The number of amides is 2. The van der Waals surface area contributed by atoms with Crippen LogP contribution in [-0.4, -0.2) is 23.1 Å². The number of carboxylic acids is 1. The van der Waals surface area contributed by atoms with Crippen molar-refractivity contribution in [2.45, 2.75) is 45.6 Å². The van der Waals surface area contributed by atoms with Gasteiger partial charge in [0.25, 0.3) is 0 Å². The Bertz CT molecular complexity index is 443. The van der Waals surface area contributed by atoms with Crippen LogP contribution in [0.3, 0.4) is 0 Å². The van der Waals surface area contributed by atoms with E-state index >= 15 is 0 Å². The van der Waals surface area contributed by atoms with E-state index in [-0.39, 0.29) is 0 Å². The quantitative estimate of drug-likeness (QED) is 0.717. The molecule has 3 N–H and O–H groups in total. The summed E-state index contributed by atoms with van der Waals surface area (Å²) in [6, 6.07) is 6.22. The van der Waals surface area contributed by atoms with Gasteiger partial charge in [-0.15, -0.1) is 0 Å². The first kappa shape index (κ1) is 16.0. The first-order valence-corrected chi connectivity index (χ1v) is 6.96. The number of benzene rings is 1. The molecule has 1 aromatic rings. The van der Waals surface area contributed by atoms with Crippen LogP contribution in [0, 0.1) is 0 Å². The SMILES string of the molecule is CCCc1ccc(NC(=O)NC(CCC)C(=O)O)cc1. The molecule has 1 atom stereocenters. The number of anilines is 1. The second kappa shape index (κ2) is 8.19. The van der Waals surface area contributed by atoms with Crippen LogP contribution in [0.15, 0.2) is 24.3 Å². The molecular weight excluding hydrogens is 256 g/mol.